The predicted octanol–water partition coefficient (Wildman–Crippen LogP) is 7.80. The van der Waals surface area contributed by atoms with Crippen LogP contribution in [0.5, 0.6) is 5.75 Å². The summed E-state index contributed by atoms with van der Waals surface area (Å²) in [6, 6.07) is 18.0. The first-order valence-corrected chi connectivity index (χ1v) is 13.8. The quantitative estimate of drug-likeness (QED) is 0.102. The number of ether oxygens (including phenoxy) is 1. The van der Waals surface area contributed by atoms with Crippen molar-refractivity contribution in [2.24, 2.45) is 0 Å². The van der Waals surface area contributed by atoms with Gasteiger partial charge in [-0.15, -0.1) is 0 Å². The molecule has 4 aromatic rings. The van der Waals surface area contributed by atoms with Crippen molar-refractivity contribution >= 4 is 67.3 Å². The largest absolute Gasteiger partial charge is 0.507 e. The maximum atomic E-state index is 13.4. The summed E-state index contributed by atoms with van der Waals surface area (Å²) in [4.78, 5) is 32.8. The van der Waals surface area contributed by atoms with Gasteiger partial charge in [0.2, 0.25) is 0 Å². The summed E-state index contributed by atoms with van der Waals surface area (Å²) in [6.07, 6.45) is 3.15. The number of anilines is 1. The fourth-order valence-corrected chi connectivity index (χ4v) is 5.78. The van der Waals surface area contributed by atoms with E-state index in [0.717, 1.165) is 24.0 Å². The maximum absolute atomic E-state index is 13.4. The van der Waals surface area contributed by atoms with Gasteiger partial charge in [-0.05, 0) is 66.6 Å². The number of benzene rings is 3. The third-order valence-corrected chi connectivity index (χ3v) is 7.82. The number of rotatable bonds is 8. The summed E-state index contributed by atoms with van der Waals surface area (Å²) in [5.74, 6) is -1.15. The monoisotopic (exact) mass is 566 g/mol. The Morgan fingerprint density at radius 3 is 2.42 bits per heavy atom. The molecule has 1 fully saturated rings. The molecule has 3 aromatic carbocycles. The molecule has 1 N–H and O–H groups in total. The molecule has 1 aliphatic rings. The minimum absolute atomic E-state index is 0.0220. The summed E-state index contributed by atoms with van der Waals surface area (Å²) in [6.45, 7) is 2.74. The molecule has 1 saturated heterocycles. The lowest BCUT2D eigenvalue weighted by Gasteiger charge is -2.23. The van der Waals surface area contributed by atoms with Gasteiger partial charge >= 0.3 is 5.91 Å². The number of carbonyl (C=O) groups is 2. The highest BCUT2D eigenvalue weighted by molar-refractivity contribution is 7.22. The number of aliphatic hydroxyl groups excluding tert-OH is 1. The molecular formula is C29H24Cl2N2O4S. The fraction of sp³-hybridized carbons (Fsp3) is 0.207. The molecular weight excluding hydrogens is 543 g/mol. The van der Waals surface area contributed by atoms with Crippen molar-refractivity contribution in [3.8, 4) is 5.75 Å². The Morgan fingerprint density at radius 1 is 1.00 bits per heavy atom. The molecule has 194 valence electrons. The highest BCUT2D eigenvalue weighted by Gasteiger charge is 2.48. The van der Waals surface area contributed by atoms with E-state index < -0.39 is 17.7 Å². The second-order valence-electron chi connectivity index (χ2n) is 8.91. The molecule has 6 nitrogen and oxygen atoms in total. The average Bonchev–Trinajstić information content (AvgIpc) is 3.44. The van der Waals surface area contributed by atoms with E-state index >= 15 is 0 Å². The molecule has 0 saturated carbocycles. The highest BCUT2D eigenvalue weighted by atomic mass is 35.5. The Morgan fingerprint density at radius 2 is 1.71 bits per heavy atom. The molecule has 1 atom stereocenters. The molecule has 1 unspecified atom stereocenters. The molecule has 1 aliphatic heterocycles. The van der Waals surface area contributed by atoms with Gasteiger partial charge in [-0.1, -0.05) is 66.4 Å². The minimum atomic E-state index is -0.893. The number of aliphatic hydroxyl groups is 1. The first-order valence-electron chi connectivity index (χ1n) is 12.2. The lowest BCUT2D eigenvalue weighted by molar-refractivity contribution is -0.132. The zero-order valence-electron chi connectivity index (χ0n) is 20.5. The van der Waals surface area contributed by atoms with Crippen LogP contribution in [0.3, 0.4) is 0 Å². The summed E-state index contributed by atoms with van der Waals surface area (Å²) in [5, 5.41) is 12.6. The van der Waals surface area contributed by atoms with Crippen molar-refractivity contribution in [1.29, 1.82) is 0 Å². The fourth-order valence-electron chi connectivity index (χ4n) is 4.39. The number of ketones is 1. The van der Waals surface area contributed by atoms with Gasteiger partial charge in [0.25, 0.3) is 5.78 Å². The second-order valence-corrected chi connectivity index (χ2v) is 10.8. The molecule has 2 heterocycles. The summed E-state index contributed by atoms with van der Waals surface area (Å²) in [7, 11) is 0. The lowest BCUT2D eigenvalue weighted by atomic mass is 9.95. The second kappa shape index (κ2) is 11.2. The number of fused-ring (bicyclic) bond motifs is 1. The zero-order chi connectivity index (χ0) is 26.8. The van der Waals surface area contributed by atoms with Gasteiger partial charge in [-0.2, -0.15) is 0 Å². The van der Waals surface area contributed by atoms with Gasteiger partial charge < -0.3 is 9.84 Å². The molecule has 38 heavy (non-hydrogen) atoms. The molecule has 5 rings (SSSR count). The van der Waals surface area contributed by atoms with Crippen LogP contribution in [0.15, 0.2) is 72.3 Å². The van der Waals surface area contributed by atoms with E-state index in [1.165, 1.54) is 16.2 Å². The summed E-state index contributed by atoms with van der Waals surface area (Å²) < 4.78 is 6.62. The lowest BCUT2D eigenvalue weighted by Crippen LogP contribution is -2.29. The Kier molecular flexibility index (Phi) is 7.70. The first kappa shape index (κ1) is 26.2. The minimum Gasteiger partial charge on any atom is -0.507 e. The van der Waals surface area contributed by atoms with Crippen LogP contribution < -0.4 is 9.64 Å². The van der Waals surface area contributed by atoms with Crippen LogP contribution in [0.1, 0.15) is 43.4 Å². The van der Waals surface area contributed by atoms with Crippen LogP contribution >= 0.6 is 34.5 Å². The first-order chi connectivity index (χ1) is 18.4. The number of hydrogen-bond acceptors (Lipinski definition) is 6. The zero-order valence-corrected chi connectivity index (χ0v) is 22.8. The van der Waals surface area contributed by atoms with E-state index in [9.17, 15) is 14.7 Å². The van der Waals surface area contributed by atoms with Crippen molar-refractivity contribution in [2.75, 3.05) is 11.5 Å². The molecule has 0 spiro atoms. The van der Waals surface area contributed by atoms with Crippen LogP contribution in [0.25, 0.3) is 16.0 Å². The van der Waals surface area contributed by atoms with E-state index in [4.69, 9.17) is 27.9 Å². The van der Waals surface area contributed by atoms with E-state index in [2.05, 4.69) is 11.9 Å². The van der Waals surface area contributed by atoms with Gasteiger partial charge in [0.15, 0.2) is 5.13 Å². The number of unbranched alkanes of at least 4 members (excludes halogenated alkanes) is 2. The third-order valence-electron chi connectivity index (χ3n) is 6.32. The molecule has 0 bridgehead atoms. The smallest absolute Gasteiger partial charge is 0.301 e. The van der Waals surface area contributed by atoms with Gasteiger partial charge in [-0.25, -0.2) is 4.98 Å². The van der Waals surface area contributed by atoms with Crippen molar-refractivity contribution < 1.29 is 19.4 Å². The highest BCUT2D eigenvalue weighted by Crippen LogP contribution is 2.44. The van der Waals surface area contributed by atoms with Gasteiger partial charge in [0, 0.05) is 15.6 Å². The number of aromatic nitrogens is 1. The maximum Gasteiger partial charge on any atom is 0.301 e. The summed E-state index contributed by atoms with van der Waals surface area (Å²) >= 11 is 13.4. The van der Waals surface area contributed by atoms with Crippen molar-refractivity contribution in [2.45, 2.75) is 32.2 Å². The van der Waals surface area contributed by atoms with Crippen LogP contribution in [0.4, 0.5) is 5.13 Å². The van der Waals surface area contributed by atoms with E-state index in [-0.39, 0.29) is 11.3 Å². The predicted molar refractivity (Wildman–Crippen MR) is 152 cm³/mol. The van der Waals surface area contributed by atoms with Gasteiger partial charge in [-0.3, -0.25) is 14.5 Å². The topological polar surface area (TPSA) is 79.7 Å². The number of hydrogen-bond donors (Lipinski definition) is 1. The Hall–Kier alpha value is -3.39. The Labute approximate surface area is 234 Å². The number of thiazole rings is 1. The molecule has 0 radical (unpaired) electrons. The van der Waals surface area contributed by atoms with E-state index in [0.29, 0.717) is 44.2 Å². The summed E-state index contributed by atoms with van der Waals surface area (Å²) in [5.41, 5.74) is 1.65. The number of nitrogens with zero attached hydrogens (tertiary/aromatic N) is 2. The van der Waals surface area contributed by atoms with Crippen molar-refractivity contribution in [1.82, 2.24) is 4.98 Å². The van der Waals surface area contributed by atoms with Crippen LogP contribution in [0.2, 0.25) is 10.0 Å². The van der Waals surface area contributed by atoms with E-state index in [1.54, 1.807) is 54.6 Å². The van der Waals surface area contributed by atoms with Gasteiger partial charge in [0.05, 0.1) is 28.4 Å². The van der Waals surface area contributed by atoms with Crippen molar-refractivity contribution in [3.05, 3.63) is 93.5 Å². The molecule has 9 heteroatoms. The van der Waals surface area contributed by atoms with E-state index in [1.807, 2.05) is 12.1 Å². The Bertz CT molecular complexity index is 1530. The van der Waals surface area contributed by atoms with Crippen LogP contribution in [0, 0.1) is 0 Å². The average molecular weight is 567 g/mol. The number of halogens is 2. The van der Waals surface area contributed by atoms with Crippen LogP contribution in [-0.2, 0) is 9.59 Å². The van der Waals surface area contributed by atoms with Gasteiger partial charge in [0.1, 0.15) is 11.5 Å². The standard InChI is InChI=1S/C29H24Cl2N2O4S/c1-2-3-4-15-37-21-12-7-17(8-13-21)25-24(26(34)18-5-9-19(30)10-6-18)27(35)28(36)33(25)29-32-22-14-11-20(31)16-23(22)38-29/h5-14,16,25,34H,2-4,15H2,1H3/b26-24+. The number of Topliss-reactive ketones (excluding diaryl/α,β-unsaturated/α-hetero) is 1. The molecule has 0 aliphatic carbocycles. The SMILES string of the molecule is CCCCCOc1ccc(C2/C(=C(\O)c3ccc(Cl)cc3)C(=O)C(=O)N2c2nc3ccc(Cl)cc3s2)cc1. The molecule has 1 amide bonds. The number of carbonyl (C=O) groups excluding carboxylic acids is 2. The molecule has 1 aromatic heterocycles. The van der Waals surface area contributed by atoms with Crippen LogP contribution in [-0.4, -0.2) is 28.4 Å². The van der Waals surface area contributed by atoms with Crippen molar-refractivity contribution in [3.63, 3.8) is 0 Å². The number of amides is 1. The normalized spacial score (nSPS) is 16.9. The Balaban J connectivity index is 1.60. The third kappa shape index (κ3) is 5.14.